The second-order valence-corrected chi connectivity index (χ2v) is 3.99. The summed E-state index contributed by atoms with van der Waals surface area (Å²) in [4.78, 5) is 4.11. The van der Waals surface area contributed by atoms with Crippen molar-refractivity contribution in [1.82, 2.24) is 14.8 Å². The van der Waals surface area contributed by atoms with Crippen molar-refractivity contribution in [3.8, 4) is 0 Å². The lowest BCUT2D eigenvalue weighted by molar-refractivity contribution is 0.669. The van der Waals surface area contributed by atoms with E-state index in [2.05, 4.69) is 42.1 Å². The number of nitrogens with two attached hydrogens (primary N) is 1. The van der Waals surface area contributed by atoms with E-state index < -0.39 is 0 Å². The van der Waals surface area contributed by atoms with Crippen molar-refractivity contribution in [3.05, 3.63) is 47.0 Å². The van der Waals surface area contributed by atoms with Crippen molar-refractivity contribution in [3.63, 3.8) is 0 Å². The summed E-state index contributed by atoms with van der Waals surface area (Å²) in [7, 11) is 0. The van der Waals surface area contributed by atoms with Crippen molar-refractivity contribution in [2.24, 2.45) is 5.73 Å². The molecular formula is C12H16N4. The van der Waals surface area contributed by atoms with Crippen LogP contribution in [0.5, 0.6) is 0 Å². The first kappa shape index (κ1) is 10.8. The first-order valence-electron chi connectivity index (χ1n) is 5.33. The maximum atomic E-state index is 5.47. The zero-order valence-corrected chi connectivity index (χ0v) is 9.64. The fourth-order valence-electron chi connectivity index (χ4n) is 1.65. The molecule has 0 atom stereocenters. The molecule has 1 aromatic carbocycles. The van der Waals surface area contributed by atoms with Crippen LogP contribution in [0.2, 0.25) is 0 Å². The third-order valence-electron chi connectivity index (χ3n) is 2.60. The quantitative estimate of drug-likeness (QED) is 0.843. The van der Waals surface area contributed by atoms with Crippen LogP contribution in [-0.4, -0.2) is 14.8 Å². The molecule has 0 amide bonds. The molecule has 4 nitrogen and oxygen atoms in total. The average molecular weight is 216 g/mol. The van der Waals surface area contributed by atoms with Crippen LogP contribution >= 0.6 is 0 Å². The minimum Gasteiger partial charge on any atom is -0.324 e. The molecule has 0 bridgehead atoms. The molecule has 0 aliphatic rings. The zero-order chi connectivity index (χ0) is 11.5. The number of nitrogens with zero attached hydrogens (tertiary/aromatic N) is 3. The Balaban J connectivity index is 2.22. The third kappa shape index (κ3) is 2.28. The van der Waals surface area contributed by atoms with E-state index in [0.29, 0.717) is 12.4 Å². The van der Waals surface area contributed by atoms with Gasteiger partial charge in [0.1, 0.15) is 6.33 Å². The summed E-state index contributed by atoms with van der Waals surface area (Å²) in [6, 6.07) is 6.43. The lowest BCUT2D eigenvalue weighted by Crippen LogP contribution is -2.04. The average Bonchev–Trinajstić information content (AvgIpc) is 2.71. The van der Waals surface area contributed by atoms with Gasteiger partial charge in [-0.25, -0.2) is 9.67 Å². The number of hydrogen-bond donors (Lipinski definition) is 1. The van der Waals surface area contributed by atoms with Gasteiger partial charge in [-0.3, -0.25) is 0 Å². The van der Waals surface area contributed by atoms with Gasteiger partial charge in [0.25, 0.3) is 0 Å². The van der Waals surface area contributed by atoms with E-state index in [1.54, 1.807) is 6.33 Å². The van der Waals surface area contributed by atoms with E-state index in [4.69, 9.17) is 5.73 Å². The van der Waals surface area contributed by atoms with E-state index in [0.717, 1.165) is 6.54 Å². The minimum atomic E-state index is 0.389. The maximum absolute atomic E-state index is 5.47. The molecule has 84 valence electrons. The predicted octanol–water partition coefficient (Wildman–Crippen LogP) is 1.40. The van der Waals surface area contributed by atoms with E-state index >= 15 is 0 Å². The van der Waals surface area contributed by atoms with Gasteiger partial charge in [0.15, 0.2) is 5.82 Å². The van der Waals surface area contributed by atoms with Crippen molar-refractivity contribution >= 4 is 0 Å². The zero-order valence-electron chi connectivity index (χ0n) is 9.64. The lowest BCUT2D eigenvalue weighted by Gasteiger charge is -2.06. The lowest BCUT2D eigenvalue weighted by atomic mass is 10.1. The predicted molar refractivity (Wildman–Crippen MR) is 62.9 cm³/mol. The Morgan fingerprint density at radius 2 is 2.12 bits per heavy atom. The summed E-state index contributed by atoms with van der Waals surface area (Å²) in [5.41, 5.74) is 9.28. The first-order chi connectivity index (χ1) is 7.69. The Morgan fingerprint density at radius 1 is 1.31 bits per heavy atom. The number of hydrogen-bond acceptors (Lipinski definition) is 3. The van der Waals surface area contributed by atoms with Gasteiger partial charge in [-0.1, -0.05) is 23.8 Å². The standard InChI is InChI=1S/C12H16N4/c1-9-3-4-10(2)11(5-9)7-16-8-14-12(6-13)15-16/h3-5,8H,6-7,13H2,1-2H3. The molecule has 0 saturated heterocycles. The highest BCUT2D eigenvalue weighted by Gasteiger charge is 2.02. The van der Waals surface area contributed by atoms with E-state index in [-0.39, 0.29) is 0 Å². The molecule has 1 heterocycles. The molecule has 2 aromatic rings. The second kappa shape index (κ2) is 4.45. The summed E-state index contributed by atoms with van der Waals surface area (Å²) in [5, 5.41) is 4.28. The van der Waals surface area contributed by atoms with Crippen molar-refractivity contribution in [2.45, 2.75) is 26.9 Å². The van der Waals surface area contributed by atoms with Gasteiger partial charge in [0.05, 0.1) is 13.1 Å². The molecule has 0 radical (unpaired) electrons. The van der Waals surface area contributed by atoms with E-state index in [1.165, 1.54) is 16.7 Å². The SMILES string of the molecule is Cc1ccc(C)c(Cn2cnc(CN)n2)c1. The minimum absolute atomic E-state index is 0.389. The van der Waals surface area contributed by atoms with Crippen LogP contribution in [0.1, 0.15) is 22.5 Å². The fraction of sp³-hybridized carbons (Fsp3) is 0.333. The molecule has 0 saturated carbocycles. The number of rotatable bonds is 3. The van der Waals surface area contributed by atoms with Gasteiger partial charge in [0.2, 0.25) is 0 Å². The van der Waals surface area contributed by atoms with Gasteiger partial charge >= 0.3 is 0 Å². The van der Waals surface area contributed by atoms with Gasteiger partial charge < -0.3 is 5.73 Å². The van der Waals surface area contributed by atoms with Crippen molar-refractivity contribution in [1.29, 1.82) is 0 Å². The fourth-order valence-corrected chi connectivity index (χ4v) is 1.65. The highest BCUT2D eigenvalue weighted by molar-refractivity contribution is 5.30. The Morgan fingerprint density at radius 3 is 2.81 bits per heavy atom. The summed E-state index contributed by atoms with van der Waals surface area (Å²) in [5.74, 6) is 0.685. The molecule has 16 heavy (non-hydrogen) atoms. The third-order valence-corrected chi connectivity index (χ3v) is 2.60. The van der Waals surface area contributed by atoms with E-state index in [9.17, 15) is 0 Å². The normalized spacial score (nSPS) is 10.7. The number of aryl methyl sites for hydroxylation is 2. The Hall–Kier alpha value is -1.68. The number of aromatic nitrogens is 3. The topological polar surface area (TPSA) is 56.7 Å². The van der Waals surface area contributed by atoms with Crippen LogP contribution in [0.3, 0.4) is 0 Å². The molecule has 0 aliphatic heterocycles. The smallest absolute Gasteiger partial charge is 0.164 e. The summed E-state index contributed by atoms with van der Waals surface area (Å²) in [6.45, 7) is 5.34. The molecule has 0 aliphatic carbocycles. The molecule has 1 aromatic heterocycles. The van der Waals surface area contributed by atoms with Gasteiger partial charge in [-0.2, -0.15) is 5.10 Å². The molecule has 4 heteroatoms. The van der Waals surface area contributed by atoms with Crippen LogP contribution in [0.4, 0.5) is 0 Å². The first-order valence-corrected chi connectivity index (χ1v) is 5.33. The number of benzene rings is 1. The summed E-state index contributed by atoms with van der Waals surface area (Å²) < 4.78 is 1.82. The highest BCUT2D eigenvalue weighted by Crippen LogP contribution is 2.11. The molecule has 2 N–H and O–H groups in total. The molecule has 2 rings (SSSR count). The van der Waals surface area contributed by atoms with Crippen LogP contribution in [0, 0.1) is 13.8 Å². The van der Waals surface area contributed by atoms with Crippen LogP contribution in [0.15, 0.2) is 24.5 Å². The second-order valence-electron chi connectivity index (χ2n) is 3.99. The monoisotopic (exact) mass is 216 g/mol. The molecular weight excluding hydrogens is 200 g/mol. The molecule has 0 fully saturated rings. The van der Waals surface area contributed by atoms with Gasteiger partial charge in [0, 0.05) is 0 Å². The van der Waals surface area contributed by atoms with Crippen molar-refractivity contribution in [2.75, 3.05) is 0 Å². The molecule has 0 spiro atoms. The molecule has 0 unspecified atom stereocenters. The summed E-state index contributed by atoms with van der Waals surface area (Å²) in [6.07, 6.45) is 1.73. The Kier molecular flexibility index (Phi) is 3.01. The Bertz CT molecular complexity index is 488. The summed E-state index contributed by atoms with van der Waals surface area (Å²) >= 11 is 0. The van der Waals surface area contributed by atoms with Crippen LogP contribution in [-0.2, 0) is 13.1 Å². The van der Waals surface area contributed by atoms with Gasteiger partial charge in [-0.15, -0.1) is 0 Å². The maximum Gasteiger partial charge on any atom is 0.164 e. The van der Waals surface area contributed by atoms with Gasteiger partial charge in [-0.05, 0) is 25.0 Å². The van der Waals surface area contributed by atoms with E-state index in [1.807, 2.05) is 4.68 Å². The van der Waals surface area contributed by atoms with Crippen LogP contribution < -0.4 is 5.73 Å². The highest BCUT2D eigenvalue weighted by atomic mass is 15.3. The largest absolute Gasteiger partial charge is 0.324 e. The Labute approximate surface area is 95.1 Å². The van der Waals surface area contributed by atoms with Crippen molar-refractivity contribution < 1.29 is 0 Å². The van der Waals surface area contributed by atoms with Crippen LogP contribution in [0.25, 0.3) is 0 Å².